The van der Waals surface area contributed by atoms with Gasteiger partial charge in [-0.1, -0.05) is 13.8 Å². The van der Waals surface area contributed by atoms with Crippen molar-refractivity contribution >= 4 is 0 Å². The Kier molecular flexibility index (Phi) is 3.00. The van der Waals surface area contributed by atoms with Gasteiger partial charge in [-0.05, 0) is 26.3 Å². The number of nitrogens with zero attached hydrogens (tertiary/aromatic N) is 2. The average Bonchev–Trinajstić information content (AvgIpc) is 2.27. The summed E-state index contributed by atoms with van der Waals surface area (Å²) in [7, 11) is 2.01. The van der Waals surface area contributed by atoms with Crippen LogP contribution in [0.25, 0.3) is 0 Å². The number of rotatable bonds is 2. The number of hydrogen-bond donors (Lipinski definition) is 1. The van der Waals surface area contributed by atoms with Crippen LogP contribution in [-0.4, -0.2) is 17.0 Å². The third kappa shape index (κ3) is 2.02. The summed E-state index contributed by atoms with van der Waals surface area (Å²) in [5.41, 5.74) is 2.55. The summed E-state index contributed by atoms with van der Waals surface area (Å²) in [4.78, 5) is 9.10. The van der Waals surface area contributed by atoms with E-state index < -0.39 is 0 Å². The normalized spacial score (nSPS) is 20.4. The van der Waals surface area contributed by atoms with Crippen molar-refractivity contribution in [2.45, 2.75) is 45.1 Å². The molecule has 3 nitrogen and oxygen atoms in total. The highest BCUT2D eigenvalue weighted by molar-refractivity contribution is 5.24. The molecular formula is C12H19N3. The molecule has 0 bridgehead atoms. The molecule has 15 heavy (non-hydrogen) atoms. The smallest absolute Gasteiger partial charge is 0.131 e. The Bertz CT molecular complexity index is 347. The minimum atomic E-state index is 0.422. The Morgan fingerprint density at radius 2 is 2.27 bits per heavy atom. The zero-order chi connectivity index (χ0) is 10.8. The van der Waals surface area contributed by atoms with E-state index in [1.165, 1.54) is 24.1 Å². The summed E-state index contributed by atoms with van der Waals surface area (Å²) < 4.78 is 0. The molecule has 0 saturated carbocycles. The Balaban J connectivity index is 2.36. The summed E-state index contributed by atoms with van der Waals surface area (Å²) in [6.45, 7) is 4.28. The molecule has 1 unspecified atom stereocenters. The van der Waals surface area contributed by atoms with Gasteiger partial charge in [0.1, 0.15) is 5.82 Å². The van der Waals surface area contributed by atoms with E-state index in [1.807, 2.05) is 13.2 Å². The van der Waals surface area contributed by atoms with Gasteiger partial charge in [-0.15, -0.1) is 0 Å². The quantitative estimate of drug-likeness (QED) is 0.804. The van der Waals surface area contributed by atoms with Crippen LogP contribution in [0.3, 0.4) is 0 Å². The van der Waals surface area contributed by atoms with Gasteiger partial charge in [0.05, 0.1) is 0 Å². The van der Waals surface area contributed by atoms with E-state index in [4.69, 9.17) is 0 Å². The molecule has 0 aliphatic heterocycles. The molecule has 82 valence electrons. The fourth-order valence-electron chi connectivity index (χ4n) is 2.14. The molecule has 1 aliphatic rings. The first-order chi connectivity index (χ1) is 7.22. The topological polar surface area (TPSA) is 37.8 Å². The second-order valence-electron chi connectivity index (χ2n) is 4.52. The second-order valence-corrected chi connectivity index (χ2v) is 4.52. The number of aryl methyl sites for hydroxylation is 1. The lowest BCUT2D eigenvalue weighted by atomic mass is 9.92. The Morgan fingerprint density at radius 1 is 1.47 bits per heavy atom. The zero-order valence-electron chi connectivity index (χ0n) is 9.75. The molecule has 0 saturated heterocycles. The maximum atomic E-state index is 4.66. The molecule has 1 atom stereocenters. The van der Waals surface area contributed by atoms with Crippen LogP contribution in [-0.2, 0) is 6.42 Å². The van der Waals surface area contributed by atoms with Crippen LogP contribution in [0.5, 0.6) is 0 Å². The summed E-state index contributed by atoms with van der Waals surface area (Å²) in [5, 5.41) is 3.33. The average molecular weight is 205 g/mol. The van der Waals surface area contributed by atoms with E-state index in [-0.39, 0.29) is 0 Å². The summed E-state index contributed by atoms with van der Waals surface area (Å²) in [5.74, 6) is 1.40. The standard InChI is InChI=1S/C12H19N3/c1-8(2)12-14-7-9-10(13-3)5-4-6-11(9)15-12/h7-8,10,13H,4-6H2,1-3H3. The number of nitrogens with one attached hydrogen (secondary N) is 1. The number of hydrogen-bond acceptors (Lipinski definition) is 3. The van der Waals surface area contributed by atoms with Crippen molar-refractivity contribution in [1.29, 1.82) is 0 Å². The fraction of sp³-hybridized carbons (Fsp3) is 0.667. The van der Waals surface area contributed by atoms with Crippen molar-refractivity contribution in [1.82, 2.24) is 15.3 Å². The largest absolute Gasteiger partial charge is 0.313 e. The molecule has 2 rings (SSSR count). The number of aromatic nitrogens is 2. The predicted octanol–water partition coefficient (Wildman–Crippen LogP) is 2.20. The first-order valence-corrected chi connectivity index (χ1v) is 5.75. The lowest BCUT2D eigenvalue weighted by molar-refractivity contribution is 0.484. The van der Waals surface area contributed by atoms with Crippen LogP contribution in [0.1, 0.15) is 55.7 Å². The Morgan fingerprint density at radius 3 is 2.93 bits per heavy atom. The molecule has 1 aliphatic carbocycles. The molecule has 1 heterocycles. The molecule has 0 amide bonds. The van der Waals surface area contributed by atoms with Gasteiger partial charge in [0.2, 0.25) is 0 Å². The minimum Gasteiger partial charge on any atom is -0.313 e. The summed E-state index contributed by atoms with van der Waals surface area (Å²) in [6, 6.07) is 0.454. The molecule has 0 aromatic carbocycles. The Labute approximate surface area is 91.3 Å². The van der Waals surface area contributed by atoms with Gasteiger partial charge in [-0.25, -0.2) is 9.97 Å². The predicted molar refractivity (Wildman–Crippen MR) is 60.9 cm³/mol. The molecule has 1 aromatic heterocycles. The molecule has 0 fully saturated rings. The SMILES string of the molecule is CNC1CCCc2nc(C(C)C)ncc21. The van der Waals surface area contributed by atoms with Crippen molar-refractivity contribution in [2.75, 3.05) is 7.05 Å². The van der Waals surface area contributed by atoms with Crippen LogP contribution in [0.4, 0.5) is 0 Å². The fourth-order valence-corrected chi connectivity index (χ4v) is 2.14. The van der Waals surface area contributed by atoms with Crippen molar-refractivity contribution < 1.29 is 0 Å². The van der Waals surface area contributed by atoms with E-state index in [9.17, 15) is 0 Å². The maximum Gasteiger partial charge on any atom is 0.131 e. The van der Waals surface area contributed by atoms with Crippen molar-refractivity contribution in [3.8, 4) is 0 Å². The maximum absolute atomic E-state index is 4.66. The van der Waals surface area contributed by atoms with E-state index in [0.29, 0.717) is 12.0 Å². The third-order valence-corrected chi connectivity index (χ3v) is 3.07. The summed E-state index contributed by atoms with van der Waals surface area (Å²) in [6.07, 6.45) is 5.55. The molecule has 1 N–H and O–H groups in total. The van der Waals surface area contributed by atoms with Gasteiger partial charge in [-0.3, -0.25) is 0 Å². The highest BCUT2D eigenvalue weighted by Gasteiger charge is 2.20. The van der Waals surface area contributed by atoms with E-state index in [0.717, 1.165) is 12.2 Å². The molecule has 3 heteroatoms. The lowest BCUT2D eigenvalue weighted by Gasteiger charge is -2.24. The highest BCUT2D eigenvalue weighted by Crippen LogP contribution is 2.28. The first-order valence-electron chi connectivity index (χ1n) is 5.75. The van der Waals surface area contributed by atoms with Crippen molar-refractivity contribution in [3.63, 3.8) is 0 Å². The minimum absolute atomic E-state index is 0.422. The van der Waals surface area contributed by atoms with Gasteiger partial charge >= 0.3 is 0 Å². The summed E-state index contributed by atoms with van der Waals surface area (Å²) >= 11 is 0. The first kappa shape index (κ1) is 10.6. The van der Waals surface area contributed by atoms with E-state index >= 15 is 0 Å². The van der Waals surface area contributed by atoms with E-state index in [1.54, 1.807) is 0 Å². The highest BCUT2D eigenvalue weighted by atomic mass is 14.9. The molecule has 1 aromatic rings. The molecule has 0 spiro atoms. The van der Waals surface area contributed by atoms with Crippen molar-refractivity contribution in [3.05, 3.63) is 23.3 Å². The van der Waals surface area contributed by atoms with E-state index in [2.05, 4.69) is 29.1 Å². The van der Waals surface area contributed by atoms with Crippen LogP contribution in [0.2, 0.25) is 0 Å². The van der Waals surface area contributed by atoms with Gasteiger partial charge in [0, 0.05) is 29.4 Å². The zero-order valence-corrected chi connectivity index (χ0v) is 9.75. The van der Waals surface area contributed by atoms with Crippen LogP contribution >= 0.6 is 0 Å². The van der Waals surface area contributed by atoms with Crippen LogP contribution < -0.4 is 5.32 Å². The molecule has 0 radical (unpaired) electrons. The monoisotopic (exact) mass is 205 g/mol. The van der Waals surface area contributed by atoms with Crippen molar-refractivity contribution in [2.24, 2.45) is 0 Å². The van der Waals surface area contributed by atoms with Gasteiger partial charge in [-0.2, -0.15) is 0 Å². The van der Waals surface area contributed by atoms with Crippen LogP contribution in [0.15, 0.2) is 6.20 Å². The second kappa shape index (κ2) is 4.27. The molecular weight excluding hydrogens is 186 g/mol. The number of fused-ring (bicyclic) bond motifs is 1. The van der Waals surface area contributed by atoms with Gasteiger partial charge in [0.15, 0.2) is 0 Å². The Hall–Kier alpha value is -0.960. The van der Waals surface area contributed by atoms with Gasteiger partial charge in [0.25, 0.3) is 0 Å². The lowest BCUT2D eigenvalue weighted by Crippen LogP contribution is -2.23. The van der Waals surface area contributed by atoms with Crippen LogP contribution in [0, 0.1) is 0 Å². The van der Waals surface area contributed by atoms with Gasteiger partial charge < -0.3 is 5.32 Å². The third-order valence-electron chi connectivity index (χ3n) is 3.07.